The van der Waals surface area contributed by atoms with E-state index in [1.165, 1.54) is 7.11 Å². The van der Waals surface area contributed by atoms with Gasteiger partial charge >= 0.3 is 5.97 Å². The Morgan fingerprint density at radius 3 is 2.33 bits per heavy atom. The molecule has 5 rings (SSSR count). The minimum atomic E-state index is -0.576. The molecule has 36 heavy (non-hydrogen) atoms. The molecule has 3 aromatic rings. The lowest BCUT2D eigenvalue weighted by Gasteiger charge is -2.29. The first-order valence-corrected chi connectivity index (χ1v) is 13.6. The highest BCUT2D eigenvalue weighted by atomic mass is 127. The molecule has 0 radical (unpaired) electrons. The molecule has 8 heteroatoms. The number of hydrogen-bond acceptors (Lipinski definition) is 5. The number of carbonyl (C=O) groups excluding carboxylic acids is 2. The number of methoxy groups -OCH3 is 1. The first-order valence-electron chi connectivity index (χ1n) is 11.1. The number of ether oxygens (including phenoxy) is 2. The third kappa shape index (κ3) is 4.35. The second kappa shape index (κ2) is 10.2. The fraction of sp³-hybridized carbons (Fsp3) is 0.143. The van der Waals surface area contributed by atoms with Crippen LogP contribution in [-0.4, -0.2) is 18.9 Å². The highest BCUT2D eigenvalue weighted by Crippen LogP contribution is 2.48. The SMILES string of the molecule is COC(=O)C1=C(C)NC2=C(C(=O)c3ccccc32)[C@@H]1c1cc(I)c(OCc2ccccc2Cl)c(I)c1. The molecule has 1 N–H and O–H groups in total. The number of hydrogen-bond donors (Lipinski definition) is 1. The average Bonchev–Trinajstić information content (AvgIpc) is 3.14. The topological polar surface area (TPSA) is 64.6 Å². The van der Waals surface area contributed by atoms with Crippen molar-refractivity contribution >= 4 is 74.2 Å². The quantitative estimate of drug-likeness (QED) is 0.230. The van der Waals surface area contributed by atoms with E-state index in [4.69, 9.17) is 21.1 Å². The lowest BCUT2D eigenvalue weighted by atomic mass is 9.80. The predicted molar refractivity (Wildman–Crippen MR) is 156 cm³/mol. The summed E-state index contributed by atoms with van der Waals surface area (Å²) in [6.07, 6.45) is 0. The maximum absolute atomic E-state index is 13.6. The summed E-state index contributed by atoms with van der Waals surface area (Å²) in [5, 5.41) is 3.96. The number of carbonyl (C=O) groups is 2. The van der Waals surface area contributed by atoms with Gasteiger partial charge in [0.15, 0.2) is 5.78 Å². The molecule has 1 heterocycles. The van der Waals surface area contributed by atoms with Gasteiger partial charge in [0.1, 0.15) is 12.4 Å². The van der Waals surface area contributed by atoms with Crippen molar-refractivity contribution in [2.45, 2.75) is 19.4 Å². The van der Waals surface area contributed by atoms with Crippen LogP contribution in [0.4, 0.5) is 0 Å². The van der Waals surface area contributed by atoms with E-state index in [9.17, 15) is 9.59 Å². The normalized spacial score (nSPS) is 16.5. The first-order chi connectivity index (χ1) is 17.3. The van der Waals surface area contributed by atoms with Crippen molar-refractivity contribution in [3.63, 3.8) is 0 Å². The van der Waals surface area contributed by atoms with E-state index >= 15 is 0 Å². The number of benzene rings is 3. The molecule has 0 aromatic heterocycles. The van der Waals surface area contributed by atoms with Gasteiger partial charge in [-0.05, 0) is 75.9 Å². The number of halogens is 3. The van der Waals surface area contributed by atoms with Gasteiger partial charge < -0.3 is 14.8 Å². The van der Waals surface area contributed by atoms with E-state index < -0.39 is 11.9 Å². The molecule has 0 bridgehead atoms. The van der Waals surface area contributed by atoms with Crippen molar-refractivity contribution in [1.82, 2.24) is 5.32 Å². The third-order valence-electron chi connectivity index (χ3n) is 6.34. The van der Waals surface area contributed by atoms with Crippen LogP contribution in [-0.2, 0) is 16.1 Å². The zero-order valence-electron chi connectivity index (χ0n) is 19.3. The number of esters is 1. The van der Waals surface area contributed by atoms with Crippen molar-refractivity contribution in [2.24, 2.45) is 0 Å². The van der Waals surface area contributed by atoms with Crippen LogP contribution in [0.1, 0.15) is 39.9 Å². The Bertz CT molecular complexity index is 1470. The van der Waals surface area contributed by atoms with Crippen LogP contribution in [0.15, 0.2) is 77.5 Å². The molecule has 3 aromatic carbocycles. The predicted octanol–water partition coefficient (Wildman–Crippen LogP) is 6.87. The van der Waals surface area contributed by atoms with Crippen molar-refractivity contribution < 1.29 is 19.1 Å². The van der Waals surface area contributed by atoms with Gasteiger partial charge in [0.05, 0.1) is 25.5 Å². The molecule has 1 atom stereocenters. The molecule has 0 saturated heterocycles. The van der Waals surface area contributed by atoms with Gasteiger partial charge in [0.25, 0.3) is 0 Å². The Morgan fingerprint density at radius 1 is 1.03 bits per heavy atom. The monoisotopic (exact) mass is 723 g/mol. The standard InChI is InChI=1S/C28H20ClI2NO4/c1-14-22(28(34)35-2)23(24-25(32-14)17-8-4-5-9-18(17)26(24)33)16-11-20(30)27(21(31)12-16)36-13-15-7-3-6-10-19(15)29/h3-12,23,32H,13H2,1-2H3/t23-/m1/s1. The Kier molecular flexibility index (Phi) is 7.15. The van der Waals surface area contributed by atoms with Crippen molar-refractivity contribution in [3.8, 4) is 5.75 Å². The van der Waals surface area contributed by atoms with Crippen LogP contribution in [0, 0.1) is 7.14 Å². The summed E-state index contributed by atoms with van der Waals surface area (Å²) in [4.78, 5) is 26.6. The molecule has 2 aliphatic rings. The molecular formula is C28H20ClI2NO4. The van der Waals surface area contributed by atoms with Crippen LogP contribution in [0.2, 0.25) is 5.02 Å². The van der Waals surface area contributed by atoms with Gasteiger partial charge in [0.2, 0.25) is 0 Å². The fourth-order valence-electron chi connectivity index (χ4n) is 4.69. The van der Waals surface area contributed by atoms with E-state index in [-0.39, 0.29) is 5.78 Å². The van der Waals surface area contributed by atoms with Crippen LogP contribution >= 0.6 is 56.8 Å². The molecule has 5 nitrogen and oxygen atoms in total. The molecule has 0 saturated carbocycles. The largest absolute Gasteiger partial charge is 0.487 e. The third-order valence-corrected chi connectivity index (χ3v) is 8.31. The second-order valence-corrected chi connectivity index (χ2v) is 11.2. The Hall–Kier alpha value is -2.37. The number of ketones is 1. The van der Waals surface area contributed by atoms with Gasteiger partial charge in [-0.2, -0.15) is 0 Å². The zero-order valence-corrected chi connectivity index (χ0v) is 24.4. The van der Waals surface area contributed by atoms with Crippen molar-refractivity contribution in [2.75, 3.05) is 7.11 Å². The van der Waals surface area contributed by atoms with Gasteiger partial charge in [-0.15, -0.1) is 0 Å². The number of nitrogens with one attached hydrogen (secondary N) is 1. The molecule has 0 unspecified atom stereocenters. The summed E-state index contributed by atoms with van der Waals surface area (Å²) in [5.41, 5.74) is 5.58. The molecule has 1 aliphatic heterocycles. The van der Waals surface area contributed by atoms with E-state index in [1.807, 2.05) is 67.6 Å². The zero-order chi connectivity index (χ0) is 25.6. The maximum atomic E-state index is 13.6. The number of dihydropyridines is 1. The summed E-state index contributed by atoms with van der Waals surface area (Å²) in [6, 6.07) is 19.0. The second-order valence-electron chi connectivity index (χ2n) is 8.45. The minimum absolute atomic E-state index is 0.0870. The van der Waals surface area contributed by atoms with Crippen LogP contribution < -0.4 is 10.1 Å². The lowest BCUT2D eigenvalue weighted by Crippen LogP contribution is -2.29. The fourth-order valence-corrected chi connectivity index (χ4v) is 7.01. The number of rotatable bonds is 5. The minimum Gasteiger partial charge on any atom is -0.487 e. The average molecular weight is 724 g/mol. The van der Waals surface area contributed by atoms with Crippen LogP contribution in [0.25, 0.3) is 5.70 Å². The summed E-state index contributed by atoms with van der Waals surface area (Å²) in [7, 11) is 1.36. The number of allylic oxidation sites excluding steroid dienone is 2. The summed E-state index contributed by atoms with van der Waals surface area (Å²) < 4.78 is 13.0. The van der Waals surface area contributed by atoms with E-state index in [2.05, 4.69) is 50.5 Å². The van der Waals surface area contributed by atoms with E-state index in [0.29, 0.717) is 34.0 Å². The Labute approximate surface area is 241 Å². The maximum Gasteiger partial charge on any atom is 0.336 e. The summed E-state index contributed by atoms with van der Waals surface area (Å²) in [5.74, 6) is -0.405. The highest BCUT2D eigenvalue weighted by molar-refractivity contribution is 14.1. The van der Waals surface area contributed by atoms with Crippen LogP contribution in [0.5, 0.6) is 5.75 Å². The Balaban J connectivity index is 1.59. The van der Waals surface area contributed by atoms with Gasteiger partial charge in [-0.3, -0.25) is 4.79 Å². The molecule has 182 valence electrons. The van der Waals surface area contributed by atoms with Crippen molar-refractivity contribution in [1.29, 1.82) is 0 Å². The molecule has 0 spiro atoms. The van der Waals surface area contributed by atoms with Gasteiger partial charge in [0, 0.05) is 38.9 Å². The Morgan fingerprint density at radius 2 is 1.67 bits per heavy atom. The van der Waals surface area contributed by atoms with Gasteiger partial charge in [-0.1, -0.05) is 54.1 Å². The van der Waals surface area contributed by atoms with Crippen molar-refractivity contribution in [3.05, 3.63) is 112 Å². The smallest absolute Gasteiger partial charge is 0.336 e. The van der Waals surface area contributed by atoms with E-state index in [1.54, 1.807) is 0 Å². The first kappa shape index (κ1) is 25.3. The summed E-state index contributed by atoms with van der Waals surface area (Å²) >= 11 is 10.8. The molecular weight excluding hydrogens is 704 g/mol. The molecule has 1 aliphatic carbocycles. The molecule has 0 amide bonds. The van der Waals surface area contributed by atoms with E-state index in [0.717, 1.165) is 35.3 Å². The number of Topliss-reactive ketones (excluding diaryl/α,β-unsaturated/α-hetero) is 1. The van der Waals surface area contributed by atoms with Gasteiger partial charge in [-0.25, -0.2) is 4.79 Å². The van der Waals surface area contributed by atoms with Crippen LogP contribution in [0.3, 0.4) is 0 Å². The molecule has 0 fully saturated rings. The number of fused-ring (bicyclic) bond motifs is 2. The lowest BCUT2D eigenvalue weighted by molar-refractivity contribution is -0.136. The highest BCUT2D eigenvalue weighted by Gasteiger charge is 2.43. The summed E-state index contributed by atoms with van der Waals surface area (Å²) in [6.45, 7) is 2.17.